The quantitative estimate of drug-likeness (QED) is 0.657. The van der Waals surface area contributed by atoms with E-state index in [1.54, 1.807) is 6.21 Å². The summed E-state index contributed by atoms with van der Waals surface area (Å²) in [7, 11) is 0. The normalized spacial score (nSPS) is 18.5. The predicted octanol–water partition coefficient (Wildman–Crippen LogP) is 2.36. The highest BCUT2D eigenvalue weighted by atomic mass is 35.5. The summed E-state index contributed by atoms with van der Waals surface area (Å²) in [5.41, 5.74) is 14.4. The minimum atomic E-state index is -0.940. The minimum absolute atomic E-state index is 0.150. The van der Waals surface area contributed by atoms with Crippen molar-refractivity contribution in [3.05, 3.63) is 52.8 Å². The van der Waals surface area contributed by atoms with Gasteiger partial charge in [-0.2, -0.15) is 0 Å². The first-order valence-corrected chi connectivity index (χ1v) is 10.7. The average molecular weight is 440 g/mol. The first-order chi connectivity index (χ1) is 14.9. The number of nitrogen functional groups attached to an aromatic ring is 1. The van der Waals surface area contributed by atoms with Gasteiger partial charge < -0.3 is 21.7 Å². The molecular weight excluding hydrogens is 414 g/mol. The van der Waals surface area contributed by atoms with Crippen LogP contribution in [0.1, 0.15) is 36.9 Å². The largest absolute Gasteiger partial charge is 0.383 e. The highest BCUT2D eigenvalue weighted by Gasteiger charge is 2.39. The van der Waals surface area contributed by atoms with Crippen LogP contribution in [0.25, 0.3) is 5.57 Å². The first kappa shape index (κ1) is 21.3. The second-order valence-corrected chi connectivity index (χ2v) is 8.44. The molecule has 0 bridgehead atoms. The van der Waals surface area contributed by atoms with Gasteiger partial charge in [0.15, 0.2) is 0 Å². The fraction of sp³-hybridized carbons (Fsp3) is 0.364. The summed E-state index contributed by atoms with van der Waals surface area (Å²) in [6.07, 6.45) is 6.26. The van der Waals surface area contributed by atoms with Gasteiger partial charge in [0.25, 0.3) is 0 Å². The van der Waals surface area contributed by atoms with Crippen LogP contribution in [0.4, 0.5) is 11.6 Å². The van der Waals surface area contributed by atoms with E-state index in [0.717, 1.165) is 22.5 Å². The molecule has 0 spiro atoms. The van der Waals surface area contributed by atoms with Crippen molar-refractivity contribution < 1.29 is 4.79 Å². The molecule has 0 saturated carbocycles. The first-order valence-electron chi connectivity index (χ1n) is 10.3. The zero-order valence-electron chi connectivity index (χ0n) is 17.4. The SMILES string of the molecule is C[C@H](NC(=O)C1(N)CCN(c2ncnc(N)c2C2=CCN=C2)CC1)c1ccc(Cl)cc1. The molecule has 1 amide bonds. The zero-order chi connectivity index (χ0) is 22.0. The van der Waals surface area contributed by atoms with E-state index in [1.807, 2.05) is 37.3 Å². The number of aliphatic imine (C=N–C) groups is 1. The molecule has 8 nitrogen and oxygen atoms in total. The molecule has 3 heterocycles. The molecule has 0 unspecified atom stereocenters. The van der Waals surface area contributed by atoms with Crippen LogP contribution in [0.5, 0.6) is 0 Å². The Morgan fingerprint density at radius 1 is 1.23 bits per heavy atom. The van der Waals surface area contributed by atoms with Gasteiger partial charge in [0.05, 0.1) is 23.7 Å². The number of allylic oxidation sites excluding steroid dienone is 1. The monoisotopic (exact) mass is 439 g/mol. The number of carbonyl (C=O) groups is 1. The Labute approximate surface area is 186 Å². The second kappa shape index (κ2) is 8.64. The van der Waals surface area contributed by atoms with Crippen LogP contribution in [0, 0.1) is 0 Å². The van der Waals surface area contributed by atoms with Crippen molar-refractivity contribution in [2.24, 2.45) is 10.7 Å². The molecule has 1 atom stereocenters. The van der Waals surface area contributed by atoms with Crippen LogP contribution in [0.3, 0.4) is 0 Å². The van der Waals surface area contributed by atoms with E-state index in [0.29, 0.717) is 43.3 Å². The number of nitrogens with zero attached hydrogens (tertiary/aromatic N) is 4. The van der Waals surface area contributed by atoms with Crippen molar-refractivity contribution in [2.45, 2.75) is 31.3 Å². The smallest absolute Gasteiger partial charge is 0.240 e. The van der Waals surface area contributed by atoms with Crippen molar-refractivity contribution >= 4 is 40.9 Å². The molecule has 9 heteroatoms. The van der Waals surface area contributed by atoms with Gasteiger partial charge in [-0.15, -0.1) is 0 Å². The molecule has 0 radical (unpaired) electrons. The Morgan fingerprint density at radius 2 is 1.94 bits per heavy atom. The Kier molecular flexibility index (Phi) is 5.93. The molecule has 1 fully saturated rings. The van der Waals surface area contributed by atoms with Gasteiger partial charge in [-0.25, -0.2) is 9.97 Å². The number of hydrogen-bond acceptors (Lipinski definition) is 7. The summed E-state index contributed by atoms with van der Waals surface area (Å²) in [4.78, 5) is 28.0. The number of amides is 1. The highest BCUT2D eigenvalue weighted by Crippen LogP contribution is 2.33. The van der Waals surface area contributed by atoms with Gasteiger partial charge in [0.1, 0.15) is 18.0 Å². The van der Waals surface area contributed by atoms with Crippen LogP contribution in [0.2, 0.25) is 5.02 Å². The molecule has 5 N–H and O–H groups in total. The van der Waals surface area contributed by atoms with Crippen LogP contribution in [-0.2, 0) is 4.79 Å². The molecular formula is C22H26ClN7O. The zero-order valence-corrected chi connectivity index (χ0v) is 18.1. The number of rotatable bonds is 5. The van der Waals surface area contributed by atoms with E-state index in [-0.39, 0.29) is 11.9 Å². The molecule has 1 aromatic carbocycles. The van der Waals surface area contributed by atoms with Crippen LogP contribution >= 0.6 is 11.6 Å². The summed E-state index contributed by atoms with van der Waals surface area (Å²) < 4.78 is 0. The number of aromatic nitrogens is 2. The molecule has 2 aliphatic rings. The average Bonchev–Trinajstić information content (AvgIpc) is 3.29. The van der Waals surface area contributed by atoms with E-state index < -0.39 is 5.54 Å². The van der Waals surface area contributed by atoms with E-state index in [1.165, 1.54) is 6.33 Å². The lowest BCUT2D eigenvalue weighted by Gasteiger charge is -2.39. The van der Waals surface area contributed by atoms with Gasteiger partial charge in [-0.3, -0.25) is 9.79 Å². The summed E-state index contributed by atoms with van der Waals surface area (Å²) >= 11 is 5.95. The van der Waals surface area contributed by atoms with Gasteiger partial charge in [-0.1, -0.05) is 29.8 Å². The number of anilines is 2. The Hall–Kier alpha value is -2.97. The number of nitrogens with one attached hydrogen (secondary N) is 1. The van der Waals surface area contributed by atoms with Crippen molar-refractivity contribution in [3.63, 3.8) is 0 Å². The summed E-state index contributed by atoms with van der Waals surface area (Å²) in [6.45, 7) is 3.74. The summed E-state index contributed by atoms with van der Waals surface area (Å²) in [5, 5.41) is 3.71. The maximum absolute atomic E-state index is 13.0. The molecule has 4 rings (SSSR count). The van der Waals surface area contributed by atoms with Crippen molar-refractivity contribution in [1.82, 2.24) is 15.3 Å². The van der Waals surface area contributed by atoms with Gasteiger partial charge in [0.2, 0.25) is 5.91 Å². The van der Waals surface area contributed by atoms with E-state index in [9.17, 15) is 4.79 Å². The van der Waals surface area contributed by atoms with E-state index in [4.69, 9.17) is 23.1 Å². The highest BCUT2D eigenvalue weighted by molar-refractivity contribution is 6.30. The van der Waals surface area contributed by atoms with Gasteiger partial charge >= 0.3 is 0 Å². The van der Waals surface area contributed by atoms with Crippen LogP contribution in [0.15, 0.2) is 41.7 Å². The molecule has 31 heavy (non-hydrogen) atoms. The molecule has 1 saturated heterocycles. The molecule has 162 valence electrons. The fourth-order valence-corrected chi connectivity index (χ4v) is 4.07. The number of carbonyl (C=O) groups excluding carboxylic acids is 1. The van der Waals surface area contributed by atoms with Gasteiger partial charge in [-0.05, 0) is 37.5 Å². The van der Waals surface area contributed by atoms with E-state index in [2.05, 4.69) is 25.2 Å². The van der Waals surface area contributed by atoms with Gasteiger partial charge in [0, 0.05) is 29.9 Å². The standard InChI is InChI=1S/C22H26ClN7O/c1-14(15-2-4-17(23)5-3-15)29-21(31)22(25)7-10-30(11-8-22)20-18(16-6-9-26-12-16)19(24)27-13-28-20/h2-6,12-14H,7-11,25H2,1H3,(H,29,31)(H2,24,27,28)/t14-/m0/s1. The lowest BCUT2D eigenvalue weighted by atomic mass is 9.87. The Bertz CT molecular complexity index is 1030. The second-order valence-electron chi connectivity index (χ2n) is 8.00. The summed E-state index contributed by atoms with van der Waals surface area (Å²) in [6, 6.07) is 7.27. The lowest BCUT2D eigenvalue weighted by molar-refractivity contribution is -0.127. The maximum Gasteiger partial charge on any atom is 0.240 e. The predicted molar refractivity (Wildman–Crippen MR) is 124 cm³/mol. The van der Waals surface area contributed by atoms with Crippen LogP contribution in [-0.4, -0.2) is 47.3 Å². The Balaban J connectivity index is 1.44. The molecule has 0 aliphatic carbocycles. The number of halogens is 1. The third-order valence-corrected chi connectivity index (χ3v) is 6.17. The maximum atomic E-state index is 13.0. The fourth-order valence-electron chi connectivity index (χ4n) is 3.95. The third kappa shape index (κ3) is 4.40. The van der Waals surface area contributed by atoms with Crippen molar-refractivity contribution in [2.75, 3.05) is 30.3 Å². The topological polar surface area (TPSA) is 123 Å². The van der Waals surface area contributed by atoms with Crippen molar-refractivity contribution in [3.8, 4) is 0 Å². The van der Waals surface area contributed by atoms with E-state index >= 15 is 0 Å². The number of benzene rings is 1. The summed E-state index contributed by atoms with van der Waals surface area (Å²) in [5.74, 6) is 1.02. The van der Waals surface area contributed by atoms with Crippen LogP contribution < -0.4 is 21.7 Å². The number of nitrogens with two attached hydrogens (primary N) is 2. The number of piperidine rings is 1. The minimum Gasteiger partial charge on any atom is -0.383 e. The molecule has 2 aromatic rings. The lowest BCUT2D eigenvalue weighted by Crippen LogP contribution is -2.60. The molecule has 2 aliphatic heterocycles. The van der Waals surface area contributed by atoms with Crippen molar-refractivity contribution in [1.29, 1.82) is 0 Å². The molecule has 1 aromatic heterocycles. The third-order valence-electron chi connectivity index (χ3n) is 5.92. The number of hydrogen-bond donors (Lipinski definition) is 3. The Morgan fingerprint density at radius 3 is 2.58 bits per heavy atom.